The second-order valence-corrected chi connectivity index (χ2v) is 10.7. The molecule has 2 N–H and O–H groups in total. The largest absolute Gasteiger partial charge is 0.480 e. The fraction of sp³-hybridized carbons (Fsp3) is 0.345. The molecule has 2 saturated heterocycles. The van der Waals surface area contributed by atoms with Crippen LogP contribution in [0.1, 0.15) is 37.9 Å². The Morgan fingerprint density at radius 1 is 0.972 bits per heavy atom. The van der Waals surface area contributed by atoms with Gasteiger partial charge in [-0.15, -0.1) is 0 Å². The topological polar surface area (TPSA) is 95.9 Å². The minimum absolute atomic E-state index is 0.195. The molecule has 2 heterocycles. The molecule has 2 aliphatic rings. The highest BCUT2D eigenvalue weighted by atomic mass is 16.5. The third-order valence-electron chi connectivity index (χ3n) is 7.28. The molecule has 0 radical (unpaired) electrons. The van der Waals surface area contributed by atoms with Gasteiger partial charge in [-0.3, -0.25) is 24.6 Å². The van der Waals surface area contributed by atoms with Gasteiger partial charge in [0.1, 0.15) is 0 Å². The summed E-state index contributed by atoms with van der Waals surface area (Å²) in [4.78, 5) is 41.6. The zero-order valence-electron chi connectivity index (χ0n) is 20.6. The maximum Gasteiger partial charge on any atom is 0.327 e. The predicted octanol–water partition coefficient (Wildman–Crippen LogP) is 3.92. The first-order valence-corrected chi connectivity index (χ1v) is 12.1. The molecule has 3 aromatic rings. The van der Waals surface area contributed by atoms with E-state index in [0.717, 1.165) is 21.9 Å². The Hall–Kier alpha value is -3.55. The number of carbonyl (C=O) groups excluding carboxylic acids is 2. The van der Waals surface area contributed by atoms with Crippen molar-refractivity contribution in [3.8, 4) is 0 Å². The Bertz CT molecular complexity index is 1330. The Morgan fingerprint density at radius 2 is 1.64 bits per heavy atom. The highest BCUT2D eigenvalue weighted by Crippen LogP contribution is 2.50. The van der Waals surface area contributed by atoms with Gasteiger partial charge in [0.15, 0.2) is 5.54 Å². The standard InChI is InChI=1S/C29H30N2O5/c1-28(2,3)31-25(32)22-23(26(31)33)29(27(34)35,17-36-16-18-9-5-4-6-10-18)30-24(22)21-14-13-19-11-7-8-12-20(19)15-21/h4-15,22-24,30H,16-17H2,1-3H3,(H,34,35). The number of imide groups is 1. The average Bonchev–Trinajstić information content (AvgIpc) is 3.33. The lowest BCUT2D eigenvalue weighted by Gasteiger charge is -2.35. The van der Waals surface area contributed by atoms with Crippen LogP contribution in [0.3, 0.4) is 0 Å². The Labute approximate surface area is 210 Å². The van der Waals surface area contributed by atoms with E-state index >= 15 is 0 Å². The van der Waals surface area contributed by atoms with Crippen LogP contribution in [0.15, 0.2) is 72.8 Å². The molecule has 2 fully saturated rings. The van der Waals surface area contributed by atoms with E-state index in [9.17, 15) is 19.5 Å². The van der Waals surface area contributed by atoms with Crippen LogP contribution in [-0.2, 0) is 25.7 Å². The van der Waals surface area contributed by atoms with Gasteiger partial charge >= 0.3 is 5.97 Å². The third-order valence-corrected chi connectivity index (χ3v) is 7.28. The number of likely N-dealkylation sites (tertiary alicyclic amines) is 1. The summed E-state index contributed by atoms with van der Waals surface area (Å²) >= 11 is 0. The van der Waals surface area contributed by atoms with Crippen molar-refractivity contribution in [1.29, 1.82) is 0 Å². The normalized spacial score (nSPS) is 26.0. The Balaban J connectivity index is 1.56. The van der Waals surface area contributed by atoms with Crippen LogP contribution in [0.4, 0.5) is 0 Å². The van der Waals surface area contributed by atoms with Gasteiger partial charge < -0.3 is 9.84 Å². The van der Waals surface area contributed by atoms with E-state index in [-0.39, 0.29) is 19.1 Å². The van der Waals surface area contributed by atoms with Crippen LogP contribution >= 0.6 is 0 Å². The van der Waals surface area contributed by atoms with Crippen LogP contribution in [0.5, 0.6) is 0 Å². The second-order valence-electron chi connectivity index (χ2n) is 10.7. The van der Waals surface area contributed by atoms with Gasteiger partial charge in [-0.05, 0) is 48.7 Å². The lowest BCUT2D eigenvalue weighted by molar-refractivity contribution is -0.156. The fourth-order valence-electron chi connectivity index (χ4n) is 5.65. The van der Waals surface area contributed by atoms with E-state index < -0.39 is 40.8 Å². The van der Waals surface area contributed by atoms with Crippen LogP contribution in [0.25, 0.3) is 10.8 Å². The summed E-state index contributed by atoms with van der Waals surface area (Å²) in [6, 6.07) is 22.5. The first-order chi connectivity index (χ1) is 17.1. The molecule has 4 atom stereocenters. The van der Waals surface area contributed by atoms with Gasteiger partial charge in [-0.2, -0.15) is 0 Å². The minimum atomic E-state index is -1.75. The summed E-state index contributed by atoms with van der Waals surface area (Å²) in [5.41, 5.74) is -0.861. The molecule has 0 spiro atoms. The number of fused-ring (bicyclic) bond motifs is 2. The number of carboxylic acids is 1. The van der Waals surface area contributed by atoms with Crippen molar-refractivity contribution >= 4 is 28.6 Å². The van der Waals surface area contributed by atoms with E-state index in [1.165, 1.54) is 4.90 Å². The summed E-state index contributed by atoms with van der Waals surface area (Å²) in [6.45, 7) is 5.31. The lowest BCUT2D eigenvalue weighted by atomic mass is 9.79. The summed E-state index contributed by atoms with van der Waals surface area (Å²) in [6.07, 6.45) is 0. The summed E-state index contributed by atoms with van der Waals surface area (Å²) in [7, 11) is 0. The fourth-order valence-corrected chi connectivity index (χ4v) is 5.65. The molecule has 4 unspecified atom stereocenters. The minimum Gasteiger partial charge on any atom is -0.480 e. The zero-order chi connectivity index (χ0) is 25.7. The van der Waals surface area contributed by atoms with Crippen molar-refractivity contribution in [3.05, 3.63) is 83.9 Å². The molecule has 0 aliphatic carbocycles. The molecule has 5 rings (SSSR count). The number of amides is 2. The van der Waals surface area contributed by atoms with Gasteiger partial charge in [-0.1, -0.05) is 66.7 Å². The number of carbonyl (C=O) groups is 3. The third kappa shape index (κ3) is 3.88. The van der Waals surface area contributed by atoms with Gasteiger partial charge in [-0.25, -0.2) is 0 Å². The first kappa shape index (κ1) is 24.2. The van der Waals surface area contributed by atoms with Crippen LogP contribution in [0.2, 0.25) is 0 Å². The van der Waals surface area contributed by atoms with Crippen LogP contribution < -0.4 is 5.32 Å². The van der Waals surface area contributed by atoms with E-state index in [1.54, 1.807) is 20.8 Å². The molecule has 7 heteroatoms. The highest BCUT2D eigenvalue weighted by Gasteiger charge is 2.69. The van der Waals surface area contributed by atoms with E-state index in [2.05, 4.69) is 5.32 Å². The van der Waals surface area contributed by atoms with Crippen molar-refractivity contribution < 1.29 is 24.2 Å². The van der Waals surface area contributed by atoms with Crippen molar-refractivity contribution in [3.63, 3.8) is 0 Å². The highest BCUT2D eigenvalue weighted by molar-refractivity contribution is 6.10. The monoisotopic (exact) mass is 486 g/mol. The number of benzene rings is 3. The smallest absolute Gasteiger partial charge is 0.327 e. The maximum absolute atomic E-state index is 13.7. The van der Waals surface area contributed by atoms with Crippen LogP contribution in [0, 0.1) is 11.8 Å². The van der Waals surface area contributed by atoms with Crippen molar-refractivity contribution in [2.75, 3.05) is 6.61 Å². The number of hydrogen-bond donors (Lipinski definition) is 2. The molecule has 0 aromatic heterocycles. The predicted molar refractivity (Wildman–Crippen MR) is 135 cm³/mol. The van der Waals surface area contributed by atoms with E-state index in [4.69, 9.17) is 4.74 Å². The van der Waals surface area contributed by atoms with Crippen LogP contribution in [-0.4, -0.2) is 45.5 Å². The lowest BCUT2D eigenvalue weighted by Crippen LogP contribution is -2.60. The molecular formula is C29H30N2O5. The summed E-state index contributed by atoms with van der Waals surface area (Å²) < 4.78 is 5.91. The summed E-state index contributed by atoms with van der Waals surface area (Å²) in [5.74, 6) is -3.97. The number of aliphatic carboxylic acids is 1. The second kappa shape index (κ2) is 8.84. The molecule has 3 aromatic carbocycles. The number of nitrogens with one attached hydrogen (secondary N) is 1. The number of nitrogens with zero attached hydrogens (tertiary/aromatic N) is 1. The number of hydrogen-bond acceptors (Lipinski definition) is 5. The first-order valence-electron chi connectivity index (χ1n) is 12.1. The Morgan fingerprint density at radius 3 is 2.31 bits per heavy atom. The molecular weight excluding hydrogens is 456 g/mol. The zero-order valence-corrected chi connectivity index (χ0v) is 20.6. The van der Waals surface area contributed by atoms with Gasteiger partial charge in [0, 0.05) is 11.6 Å². The average molecular weight is 487 g/mol. The van der Waals surface area contributed by atoms with Crippen molar-refractivity contribution in [2.24, 2.45) is 11.8 Å². The molecule has 7 nitrogen and oxygen atoms in total. The quantitative estimate of drug-likeness (QED) is 0.513. The van der Waals surface area contributed by atoms with Crippen molar-refractivity contribution in [1.82, 2.24) is 10.2 Å². The molecule has 0 bridgehead atoms. The van der Waals surface area contributed by atoms with Crippen molar-refractivity contribution in [2.45, 2.75) is 44.5 Å². The molecule has 186 valence electrons. The van der Waals surface area contributed by atoms with Gasteiger partial charge in [0.25, 0.3) is 0 Å². The molecule has 0 saturated carbocycles. The van der Waals surface area contributed by atoms with Gasteiger partial charge in [0.2, 0.25) is 11.8 Å². The molecule has 2 aliphatic heterocycles. The summed E-state index contributed by atoms with van der Waals surface area (Å²) in [5, 5.41) is 15.7. The van der Waals surface area contributed by atoms with Gasteiger partial charge in [0.05, 0.1) is 25.0 Å². The Kier molecular flexibility index (Phi) is 5.93. The molecule has 36 heavy (non-hydrogen) atoms. The number of ether oxygens (including phenoxy) is 1. The molecule has 2 amide bonds. The number of rotatable bonds is 6. The SMILES string of the molecule is CC(C)(C)N1C(=O)C2C(c3ccc4ccccc4c3)NC(COCc3ccccc3)(C(=O)O)C2C1=O. The van der Waals surface area contributed by atoms with E-state index in [0.29, 0.717) is 0 Å². The number of carboxylic acid groups (broad SMARTS) is 1. The van der Waals surface area contributed by atoms with E-state index in [1.807, 2.05) is 72.8 Å². The maximum atomic E-state index is 13.7.